The summed E-state index contributed by atoms with van der Waals surface area (Å²) < 4.78 is 0. The van der Waals surface area contributed by atoms with Crippen LogP contribution < -0.4 is 11.1 Å². The van der Waals surface area contributed by atoms with E-state index in [1.54, 1.807) is 0 Å². The number of hydrogen-bond donors (Lipinski definition) is 2. The summed E-state index contributed by atoms with van der Waals surface area (Å²) in [5.74, 6) is -0.226. The summed E-state index contributed by atoms with van der Waals surface area (Å²) in [7, 11) is 0. The van der Waals surface area contributed by atoms with Crippen LogP contribution in [0.15, 0.2) is 24.3 Å². The first-order chi connectivity index (χ1) is 9.13. The minimum atomic E-state index is -0.200. The average molecular weight is 278 g/mol. The van der Waals surface area contributed by atoms with Crippen molar-refractivity contribution in [2.75, 3.05) is 18.4 Å². The molecule has 2 unspecified atom stereocenters. The highest BCUT2D eigenvalue weighted by Crippen LogP contribution is 2.29. The van der Waals surface area contributed by atoms with Crippen molar-refractivity contribution in [3.63, 3.8) is 0 Å². The van der Waals surface area contributed by atoms with Crippen molar-refractivity contribution in [2.24, 2.45) is 11.7 Å². The van der Waals surface area contributed by atoms with Crippen LogP contribution in [0.1, 0.15) is 12.0 Å². The second-order valence-electron chi connectivity index (χ2n) is 5.06. The summed E-state index contributed by atoms with van der Waals surface area (Å²) in [4.78, 5) is 13.4. The number of carbonyl (C=O) groups excluding carboxylic acids is 1. The molecule has 5 heteroatoms. The molecular weight excluding hydrogens is 262 g/mol. The lowest BCUT2D eigenvalue weighted by Gasteiger charge is -2.30. The molecule has 2 aliphatic heterocycles. The highest BCUT2D eigenvalue weighted by molar-refractivity contribution is 6.30. The van der Waals surface area contributed by atoms with Gasteiger partial charge in [-0.15, -0.1) is 0 Å². The zero-order valence-corrected chi connectivity index (χ0v) is 11.2. The monoisotopic (exact) mass is 277 g/mol. The molecule has 1 amide bonds. The van der Waals surface area contributed by atoms with Gasteiger partial charge in [-0.2, -0.15) is 0 Å². The Labute approximate surface area is 117 Å². The van der Waals surface area contributed by atoms with Crippen LogP contribution in [0.4, 0.5) is 5.69 Å². The van der Waals surface area contributed by atoms with E-state index in [0.717, 1.165) is 35.8 Å². The zero-order valence-electron chi connectivity index (χ0n) is 10.5. The van der Waals surface area contributed by atoms with Gasteiger partial charge in [0.2, 0.25) is 5.91 Å². The Morgan fingerprint density at radius 2 is 2.32 bits per heavy atom. The van der Waals surface area contributed by atoms with Crippen LogP contribution in [0.5, 0.6) is 0 Å². The van der Waals surface area contributed by atoms with E-state index in [-0.39, 0.29) is 18.0 Å². The Balaban J connectivity index is 1.73. The number of fused-ring (bicyclic) bond motifs is 1. The van der Waals surface area contributed by atoms with E-state index < -0.39 is 0 Å². The normalized spacial score (nSPS) is 25.9. The molecule has 3 rings (SSSR count). The van der Waals surface area contributed by atoms with Gasteiger partial charge in [0, 0.05) is 23.8 Å². The summed E-state index contributed by atoms with van der Waals surface area (Å²) in [5, 5.41) is 4.19. The summed E-state index contributed by atoms with van der Waals surface area (Å²) >= 11 is 5.97. The Morgan fingerprint density at radius 3 is 3.05 bits per heavy atom. The van der Waals surface area contributed by atoms with Gasteiger partial charge in [0.25, 0.3) is 0 Å². The maximum Gasteiger partial charge on any atom is 0.221 e. The van der Waals surface area contributed by atoms with Crippen LogP contribution >= 0.6 is 11.6 Å². The number of carbonyl (C=O) groups is 1. The van der Waals surface area contributed by atoms with Crippen LogP contribution in [-0.4, -0.2) is 30.1 Å². The number of nitrogens with one attached hydrogen (secondary N) is 1. The first-order valence-corrected chi connectivity index (χ1v) is 6.79. The second-order valence-corrected chi connectivity index (χ2v) is 5.50. The Hall–Kier alpha value is -1.52. The highest BCUT2D eigenvalue weighted by Gasteiger charge is 2.31. The van der Waals surface area contributed by atoms with Gasteiger partial charge in [-0.1, -0.05) is 17.7 Å². The first-order valence-electron chi connectivity index (χ1n) is 6.41. The smallest absolute Gasteiger partial charge is 0.221 e. The van der Waals surface area contributed by atoms with E-state index in [4.69, 9.17) is 17.3 Å². The number of hydrogen-bond acceptors (Lipinski definition) is 3. The van der Waals surface area contributed by atoms with Gasteiger partial charge in [-0.3, -0.25) is 9.69 Å². The largest absolute Gasteiger partial charge is 0.369 e. The molecule has 1 aromatic rings. The molecule has 0 aromatic heterocycles. The number of nitrogens with zero attached hydrogens (tertiary/aromatic N) is 1. The van der Waals surface area contributed by atoms with Gasteiger partial charge in [0.15, 0.2) is 0 Å². The fourth-order valence-corrected chi connectivity index (χ4v) is 2.87. The summed E-state index contributed by atoms with van der Waals surface area (Å²) in [6.07, 6.45) is 5.13. The van der Waals surface area contributed by atoms with Gasteiger partial charge in [0.1, 0.15) is 0 Å². The molecule has 3 N–H and O–H groups in total. The van der Waals surface area contributed by atoms with Crippen molar-refractivity contribution in [1.29, 1.82) is 0 Å². The summed E-state index contributed by atoms with van der Waals surface area (Å²) in [6, 6.07) is 5.79. The fourth-order valence-electron chi connectivity index (χ4n) is 2.69. The third-order valence-corrected chi connectivity index (χ3v) is 4.03. The maximum absolute atomic E-state index is 11.2. The van der Waals surface area contributed by atoms with Gasteiger partial charge < -0.3 is 11.1 Å². The molecule has 1 saturated heterocycles. The lowest BCUT2D eigenvalue weighted by molar-refractivity contribution is -0.121. The molecule has 0 radical (unpaired) electrons. The number of primary amides is 1. The number of benzene rings is 1. The fraction of sp³-hybridized carbons (Fsp3) is 0.357. The number of halogens is 1. The van der Waals surface area contributed by atoms with Crippen molar-refractivity contribution in [3.8, 4) is 0 Å². The number of amides is 1. The SMILES string of the molecule is NC(=O)C1CCN(C2C=Cc3cc(Cl)ccc3N2)C1. The van der Waals surface area contributed by atoms with E-state index in [0.29, 0.717) is 0 Å². The number of rotatable bonds is 2. The molecule has 2 aliphatic rings. The van der Waals surface area contributed by atoms with Crippen molar-refractivity contribution in [2.45, 2.75) is 12.6 Å². The lowest BCUT2D eigenvalue weighted by Crippen LogP contribution is -2.40. The van der Waals surface area contributed by atoms with Gasteiger partial charge >= 0.3 is 0 Å². The third-order valence-electron chi connectivity index (χ3n) is 3.79. The predicted octanol–water partition coefficient (Wildman–Crippen LogP) is 1.91. The van der Waals surface area contributed by atoms with E-state index in [2.05, 4.69) is 22.4 Å². The molecule has 19 heavy (non-hydrogen) atoms. The van der Waals surface area contributed by atoms with Crippen LogP contribution in [0.25, 0.3) is 6.08 Å². The summed E-state index contributed by atoms with van der Waals surface area (Å²) in [5.41, 5.74) is 7.52. The Bertz CT molecular complexity index is 543. The van der Waals surface area contributed by atoms with Crippen LogP contribution in [0.2, 0.25) is 5.02 Å². The quantitative estimate of drug-likeness (QED) is 0.868. The van der Waals surface area contributed by atoms with Crippen molar-refractivity contribution >= 4 is 29.3 Å². The van der Waals surface area contributed by atoms with Crippen LogP contribution in [0.3, 0.4) is 0 Å². The van der Waals surface area contributed by atoms with Crippen molar-refractivity contribution in [3.05, 3.63) is 34.9 Å². The zero-order chi connectivity index (χ0) is 13.4. The van der Waals surface area contributed by atoms with E-state index >= 15 is 0 Å². The van der Waals surface area contributed by atoms with E-state index in [1.165, 1.54) is 0 Å². The minimum absolute atomic E-state index is 0.0261. The Kier molecular flexibility index (Phi) is 3.21. The molecule has 2 atom stereocenters. The number of nitrogens with two attached hydrogens (primary N) is 1. The number of anilines is 1. The molecule has 2 heterocycles. The van der Waals surface area contributed by atoms with Crippen molar-refractivity contribution < 1.29 is 4.79 Å². The molecule has 1 fully saturated rings. The van der Waals surface area contributed by atoms with Gasteiger partial charge in [-0.25, -0.2) is 0 Å². The number of likely N-dealkylation sites (tertiary alicyclic amines) is 1. The molecule has 0 saturated carbocycles. The molecule has 4 nitrogen and oxygen atoms in total. The average Bonchev–Trinajstić information content (AvgIpc) is 2.88. The second kappa shape index (κ2) is 4.87. The minimum Gasteiger partial charge on any atom is -0.369 e. The van der Waals surface area contributed by atoms with Crippen molar-refractivity contribution in [1.82, 2.24) is 4.90 Å². The van der Waals surface area contributed by atoms with Crippen LogP contribution in [0, 0.1) is 5.92 Å². The summed E-state index contributed by atoms with van der Waals surface area (Å²) in [6.45, 7) is 1.61. The van der Waals surface area contributed by atoms with Gasteiger partial charge in [-0.05, 0) is 36.3 Å². The standard InChI is InChI=1S/C14H16ClN3O/c15-11-2-3-12-9(7-11)1-4-13(17-12)18-6-5-10(8-18)14(16)19/h1-4,7,10,13,17H,5-6,8H2,(H2,16,19). The van der Waals surface area contributed by atoms with Crippen LogP contribution in [-0.2, 0) is 4.79 Å². The lowest BCUT2D eigenvalue weighted by atomic mass is 10.1. The van der Waals surface area contributed by atoms with E-state index in [9.17, 15) is 4.79 Å². The topological polar surface area (TPSA) is 58.4 Å². The highest BCUT2D eigenvalue weighted by atomic mass is 35.5. The van der Waals surface area contributed by atoms with E-state index in [1.807, 2.05) is 18.2 Å². The molecular formula is C14H16ClN3O. The first kappa shape index (κ1) is 12.5. The molecule has 0 spiro atoms. The molecule has 1 aromatic carbocycles. The predicted molar refractivity (Wildman–Crippen MR) is 76.8 cm³/mol. The molecule has 100 valence electrons. The maximum atomic E-state index is 11.2. The molecule has 0 aliphatic carbocycles. The Morgan fingerprint density at radius 1 is 1.47 bits per heavy atom. The molecule has 0 bridgehead atoms. The third kappa shape index (κ3) is 2.46. The van der Waals surface area contributed by atoms with Gasteiger partial charge in [0.05, 0.1) is 12.1 Å².